The van der Waals surface area contributed by atoms with Gasteiger partial charge in [0.25, 0.3) is 5.91 Å². The molecule has 0 aliphatic rings. The first-order valence-electron chi connectivity index (χ1n) is 4.79. The summed E-state index contributed by atoms with van der Waals surface area (Å²) < 4.78 is 14.8. The average molecular weight is 304 g/mol. The Bertz CT molecular complexity index is 343. The summed E-state index contributed by atoms with van der Waals surface area (Å²) in [5, 5.41) is 2.46. The van der Waals surface area contributed by atoms with E-state index in [4.69, 9.17) is 21.4 Å². The molecule has 0 fully saturated rings. The van der Waals surface area contributed by atoms with Crippen molar-refractivity contribution in [3.05, 3.63) is 10.1 Å². The van der Waals surface area contributed by atoms with Crippen LogP contribution in [0.15, 0.2) is 10.1 Å². The minimum Gasteiger partial charge on any atom is -0.396 e. The Morgan fingerprint density at radius 3 is 2.53 bits per heavy atom. The number of amides is 1. The molecule has 0 rings (SSSR count). The van der Waals surface area contributed by atoms with Crippen LogP contribution in [0.5, 0.6) is 0 Å². The van der Waals surface area contributed by atoms with Crippen LogP contribution in [-0.4, -0.2) is 28.5 Å². The molecule has 0 bridgehead atoms. The molecule has 9 heteroatoms. The van der Waals surface area contributed by atoms with E-state index in [2.05, 4.69) is 9.84 Å². The monoisotopic (exact) mass is 303 g/mol. The van der Waals surface area contributed by atoms with E-state index in [1.165, 1.54) is 0 Å². The quantitative estimate of drug-likeness (QED) is 0.287. The zero-order chi connectivity index (χ0) is 13.5. The van der Waals surface area contributed by atoms with Crippen molar-refractivity contribution in [1.82, 2.24) is 5.32 Å². The van der Waals surface area contributed by atoms with Gasteiger partial charge in [-0.3, -0.25) is 14.6 Å². The third kappa shape index (κ3) is 7.68. The molecule has 0 aliphatic heterocycles. The summed E-state index contributed by atoms with van der Waals surface area (Å²) in [4.78, 5) is 28.9. The van der Waals surface area contributed by atoms with Gasteiger partial charge in [0, 0.05) is 6.54 Å². The first-order valence-corrected chi connectivity index (χ1v) is 7.92. The average Bonchev–Trinajstić information content (AvgIpc) is 2.24. The van der Waals surface area contributed by atoms with Gasteiger partial charge in [0.05, 0.1) is 0 Å². The molecule has 3 N–H and O–H groups in total. The number of hydrogen-bond donors (Lipinski definition) is 3. The molecule has 0 heterocycles. The van der Waals surface area contributed by atoms with Gasteiger partial charge < -0.3 is 9.84 Å². The highest BCUT2D eigenvalue weighted by atomic mass is 35.5. The highest BCUT2D eigenvalue weighted by Crippen LogP contribution is 2.41. The normalized spacial score (nSPS) is 13.0. The summed E-state index contributed by atoms with van der Waals surface area (Å²) in [6.45, 7) is 2.34. The van der Waals surface area contributed by atoms with Crippen LogP contribution in [-0.2, 0) is 13.9 Å². The number of phosphoric ester groups is 1. The summed E-state index contributed by atoms with van der Waals surface area (Å²) >= 11 is 6.62. The lowest BCUT2D eigenvalue weighted by Crippen LogP contribution is -2.27. The number of halogens is 1. The first kappa shape index (κ1) is 16.8. The summed E-state index contributed by atoms with van der Waals surface area (Å²) in [6.07, 6.45) is 3.20. The minimum absolute atomic E-state index is 0.109. The third-order valence-electron chi connectivity index (χ3n) is 1.59. The highest BCUT2D eigenvalue weighted by molar-refractivity contribution is 8.03. The van der Waals surface area contributed by atoms with Crippen molar-refractivity contribution < 1.29 is 23.7 Å². The minimum atomic E-state index is -4.80. The van der Waals surface area contributed by atoms with Crippen molar-refractivity contribution in [3.63, 3.8) is 0 Å². The standard InChI is InChI=1S/C8H15ClNO5PS/c1-3-4-5-10-8(11)6(7(9)17-2)15-16(12,13)14/h3-5H2,1-2H3,(H,10,11)(H2,12,13,14). The van der Waals surface area contributed by atoms with Gasteiger partial charge in [-0.05, 0) is 12.7 Å². The number of rotatable bonds is 7. The molecular weight excluding hydrogens is 289 g/mol. The van der Waals surface area contributed by atoms with Gasteiger partial charge in [-0.25, -0.2) is 4.57 Å². The number of thioether (sulfide) groups is 1. The maximum absolute atomic E-state index is 11.6. The third-order valence-corrected chi connectivity index (χ3v) is 3.19. The molecule has 6 nitrogen and oxygen atoms in total. The molecule has 0 aliphatic carbocycles. The molecular formula is C8H15ClNO5PS. The zero-order valence-electron chi connectivity index (χ0n) is 9.47. The smallest absolute Gasteiger partial charge is 0.396 e. The lowest BCUT2D eigenvalue weighted by Gasteiger charge is -2.12. The fraction of sp³-hybridized carbons (Fsp3) is 0.625. The second-order valence-electron chi connectivity index (χ2n) is 3.00. The Kier molecular flexibility index (Phi) is 7.91. The molecule has 1 amide bonds. The van der Waals surface area contributed by atoms with Crippen LogP contribution in [0.25, 0.3) is 0 Å². The van der Waals surface area contributed by atoms with Crippen LogP contribution in [0.3, 0.4) is 0 Å². The van der Waals surface area contributed by atoms with Crippen LogP contribution in [0.4, 0.5) is 0 Å². The van der Waals surface area contributed by atoms with Crippen molar-refractivity contribution in [1.29, 1.82) is 0 Å². The van der Waals surface area contributed by atoms with Gasteiger partial charge in [0.1, 0.15) is 4.36 Å². The molecule has 0 aromatic heterocycles. The Balaban J connectivity index is 4.72. The molecule has 0 aromatic carbocycles. The topological polar surface area (TPSA) is 95.9 Å². The van der Waals surface area contributed by atoms with Gasteiger partial charge in [0.15, 0.2) is 0 Å². The van der Waals surface area contributed by atoms with E-state index in [1.54, 1.807) is 6.26 Å². The number of unbranched alkanes of at least 4 members (excludes halogenated alkanes) is 1. The van der Waals surface area contributed by atoms with E-state index < -0.39 is 19.5 Å². The largest absolute Gasteiger partial charge is 0.525 e. The maximum Gasteiger partial charge on any atom is 0.525 e. The van der Waals surface area contributed by atoms with Gasteiger partial charge in [0.2, 0.25) is 5.76 Å². The number of phosphoric acid groups is 1. The number of hydrogen-bond acceptors (Lipinski definition) is 4. The van der Waals surface area contributed by atoms with Crippen LogP contribution in [0.1, 0.15) is 19.8 Å². The summed E-state index contributed by atoms with van der Waals surface area (Å²) in [5.41, 5.74) is 0. The van der Waals surface area contributed by atoms with Crippen molar-refractivity contribution in [2.75, 3.05) is 12.8 Å². The number of carbonyl (C=O) groups excluding carboxylic acids is 1. The molecule has 0 aromatic rings. The van der Waals surface area contributed by atoms with E-state index in [-0.39, 0.29) is 4.36 Å². The van der Waals surface area contributed by atoms with E-state index in [1.807, 2.05) is 6.92 Å². The molecule has 0 saturated heterocycles. The first-order chi connectivity index (χ1) is 7.81. The Morgan fingerprint density at radius 2 is 2.12 bits per heavy atom. The van der Waals surface area contributed by atoms with Gasteiger partial charge in [-0.15, -0.1) is 11.8 Å². The Morgan fingerprint density at radius 1 is 1.53 bits per heavy atom. The van der Waals surface area contributed by atoms with E-state index >= 15 is 0 Å². The molecule has 0 radical (unpaired) electrons. The fourth-order valence-electron chi connectivity index (χ4n) is 0.837. The summed E-state index contributed by atoms with van der Waals surface area (Å²) in [5.74, 6) is -1.29. The highest BCUT2D eigenvalue weighted by Gasteiger charge is 2.25. The number of carbonyl (C=O) groups is 1. The van der Waals surface area contributed by atoms with Crippen LogP contribution in [0, 0.1) is 0 Å². The fourth-order valence-corrected chi connectivity index (χ4v) is 1.81. The van der Waals surface area contributed by atoms with Crippen molar-refractivity contribution in [2.45, 2.75) is 19.8 Å². The molecule has 0 saturated carbocycles. The van der Waals surface area contributed by atoms with Gasteiger partial charge in [-0.1, -0.05) is 24.9 Å². The van der Waals surface area contributed by atoms with Crippen LogP contribution >= 0.6 is 31.2 Å². The molecule has 0 unspecified atom stereocenters. The van der Waals surface area contributed by atoms with Crippen LogP contribution in [0.2, 0.25) is 0 Å². The Labute approximate surface area is 109 Å². The summed E-state index contributed by atoms with van der Waals surface area (Å²) in [6, 6.07) is 0. The molecule has 17 heavy (non-hydrogen) atoms. The summed E-state index contributed by atoms with van der Waals surface area (Å²) in [7, 11) is -4.80. The zero-order valence-corrected chi connectivity index (χ0v) is 11.9. The predicted octanol–water partition coefficient (Wildman–Crippen LogP) is 1.78. The predicted molar refractivity (Wildman–Crippen MR) is 67.4 cm³/mol. The Hall–Kier alpha value is -0.200. The van der Waals surface area contributed by atoms with Crippen molar-refractivity contribution >= 4 is 37.1 Å². The van der Waals surface area contributed by atoms with Crippen molar-refractivity contribution in [2.24, 2.45) is 0 Å². The molecule has 0 spiro atoms. The lowest BCUT2D eigenvalue weighted by molar-refractivity contribution is -0.119. The lowest BCUT2D eigenvalue weighted by atomic mass is 10.3. The SMILES string of the molecule is CCCCNC(=O)C(OP(=O)(O)O)=C(Cl)SC. The second-order valence-corrected chi connectivity index (χ2v) is 5.58. The number of nitrogens with one attached hydrogen (secondary N) is 1. The van der Waals surface area contributed by atoms with Crippen molar-refractivity contribution in [3.8, 4) is 0 Å². The second kappa shape index (κ2) is 8.00. The maximum atomic E-state index is 11.6. The van der Waals surface area contributed by atoms with E-state index in [0.717, 1.165) is 24.6 Å². The molecule has 0 atom stereocenters. The van der Waals surface area contributed by atoms with Crippen LogP contribution < -0.4 is 5.32 Å². The van der Waals surface area contributed by atoms with Gasteiger partial charge >= 0.3 is 7.82 Å². The van der Waals surface area contributed by atoms with Gasteiger partial charge in [-0.2, -0.15) is 0 Å². The molecule has 100 valence electrons. The van der Waals surface area contributed by atoms with E-state index in [0.29, 0.717) is 6.54 Å². The van der Waals surface area contributed by atoms with E-state index in [9.17, 15) is 9.36 Å².